The zero-order chi connectivity index (χ0) is 17.8. The van der Waals surface area contributed by atoms with Gasteiger partial charge >= 0.3 is 5.97 Å². The van der Waals surface area contributed by atoms with Gasteiger partial charge in [0.05, 0.1) is 24.6 Å². The first kappa shape index (κ1) is 19.3. The van der Waals surface area contributed by atoms with Gasteiger partial charge in [-0.2, -0.15) is 0 Å². The molecular weight excluding hydrogens is 314 g/mol. The second-order valence-electron chi connectivity index (χ2n) is 7.00. The molecular formula is C16H25NO5Si. The minimum absolute atomic E-state index is 0.0118. The van der Waals surface area contributed by atoms with Gasteiger partial charge in [-0.1, -0.05) is 20.8 Å². The number of hydrogen-bond donors (Lipinski definition) is 0. The van der Waals surface area contributed by atoms with Crippen molar-refractivity contribution in [2.75, 3.05) is 7.11 Å². The number of nitro groups is 1. The van der Waals surface area contributed by atoms with Crippen LogP contribution in [0.15, 0.2) is 24.3 Å². The van der Waals surface area contributed by atoms with E-state index in [-0.39, 0.29) is 23.1 Å². The van der Waals surface area contributed by atoms with Gasteiger partial charge in [0, 0.05) is 12.1 Å². The Labute approximate surface area is 138 Å². The number of esters is 1. The lowest BCUT2D eigenvalue weighted by Crippen LogP contribution is -2.42. The summed E-state index contributed by atoms with van der Waals surface area (Å²) in [5.41, 5.74) is 0.753. The van der Waals surface area contributed by atoms with E-state index in [4.69, 9.17) is 9.16 Å². The molecule has 0 aliphatic heterocycles. The van der Waals surface area contributed by atoms with Crippen LogP contribution in [0.4, 0.5) is 5.69 Å². The van der Waals surface area contributed by atoms with Crippen molar-refractivity contribution in [1.82, 2.24) is 0 Å². The lowest BCUT2D eigenvalue weighted by atomic mass is 10.1. The number of rotatable bonds is 6. The molecule has 1 aromatic carbocycles. The monoisotopic (exact) mass is 339 g/mol. The van der Waals surface area contributed by atoms with E-state index in [1.807, 2.05) is 0 Å². The van der Waals surface area contributed by atoms with Crippen LogP contribution in [0.1, 0.15) is 38.9 Å². The van der Waals surface area contributed by atoms with Crippen LogP contribution in [0.5, 0.6) is 0 Å². The van der Waals surface area contributed by atoms with Crippen molar-refractivity contribution in [2.24, 2.45) is 0 Å². The number of nitrogens with zero attached hydrogens (tertiary/aromatic N) is 1. The summed E-state index contributed by atoms with van der Waals surface area (Å²) in [4.78, 5) is 22.0. The lowest BCUT2D eigenvalue weighted by Gasteiger charge is -2.39. The molecule has 0 saturated carbocycles. The van der Waals surface area contributed by atoms with Crippen molar-refractivity contribution in [1.29, 1.82) is 0 Å². The van der Waals surface area contributed by atoms with E-state index in [0.717, 1.165) is 5.56 Å². The van der Waals surface area contributed by atoms with Crippen LogP contribution in [0.25, 0.3) is 0 Å². The third kappa shape index (κ3) is 5.14. The van der Waals surface area contributed by atoms with E-state index in [1.54, 1.807) is 12.1 Å². The number of hydrogen-bond acceptors (Lipinski definition) is 5. The number of non-ortho nitro benzene ring substituents is 1. The Bertz CT molecular complexity index is 563. The van der Waals surface area contributed by atoms with Gasteiger partial charge in [0.1, 0.15) is 0 Å². The van der Waals surface area contributed by atoms with Crippen LogP contribution in [0, 0.1) is 10.1 Å². The van der Waals surface area contributed by atoms with Crippen LogP contribution >= 0.6 is 0 Å². The summed E-state index contributed by atoms with van der Waals surface area (Å²) < 4.78 is 11.1. The minimum atomic E-state index is -2.11. The largest absolute Gasteiger partial charge is 0.469 e. The number of nitro benzene ring substituents is 1. The van der Waals surface area contributed by atoms with Crippen LogP contribution in [-0.4, -0.2) is 26.3 Å². The molecule has 0 bridgehead atoms. The fourth-order valence-corrected chi connectivity index (χ4v) is 3.09. The summed E-state index contributed by atoms with van der Waals surface area (Å²) in [7, 11) is -0.773. The third-order valence-corrected chi connectivity index (χ3v) is 8.78. The average molecular weight is 339 g/mol. The van der Waals surface area contributed by atoms with Crippen LogP contribution in [-0.2, 0) is 14.0 Å². The SMILES string of the molecule is COC(=O)CC(O[Si](C)(C)C(C)(C)C)c1ccc([N+](=O)[O-])cc1. The van der Waals surface area contributed by atoms with Gasteiger partial charge < -0.3 is 9.16 Å². The molecule has 1 aromatic rings. The van der Waals surface area contributed by atoms with Gasteiger partial charge in [-0.3, -0.25) is 14.9 Å². The maximum Gasteiger partial charge on any atom is 0.308 e. The maximum absolute atomic E-state index is 11.7. The van der Waals surface area contributed by atoms with E-state index in [1.165, 1.54) is 19.2 Å². The highest BCUT2D eigenvalue weighted by Gasteiger charge is 2.40. The van der Waals surface area contributed by atoms with Gasteiger partial charge in [-0.05, 0) is 35.8 Å². The van der Waals surface area contributed by atoms with Crippen LogP contribution in [0.3, 0.4) is 0 Å². The molecule has 0 aliphatic rings. The summed E-state index contributed by atoms with van der Waals surface area (Å²) in [5.74, 6) is -0.368. The number of carbonyl (C=O) groups is 1. The van der Waals surface area contributed by atoms with E-state index in [2.05, 4.69) is 33.9 Å². The molecule has 0 saturated heterocycles. The first-order chi connectivity index (χ1) is 10.5. The highest BCUT2D eigenvalue weighted by molar-refractivity contribution is 6.74. The zero-order valence-electron chi connectivity index (χ0n) is 14.6. The number of ether oxygens (including phenoxy) is 1. The molecule has 1 atom stereocenters. The van der Waals surface area contributed by atoms with E-state index < -0.39 is 19.3 Å². The third-order valence-electron chi connectivity index (χ3n) is 4.30. The molecule has 7 heteroatoms. The average Bonchev–Trinajstić information content (AvgIpc) is 2.45. The molecule has 0 radical (unpaired) electrons. The molecule has 0 heterocycles. The Morgan fingerprint density at radius 3 is 2.17 bits per heavy atom. The molecule has 6 nitrogen and oxygen atoms in total. The normalized spacial score (nSPS) is 13.5. The van der Waals surface area contributed by atoms with Gasteiger partial charge in [0.25, 0.3) is 5.69 Å². The Hall–Kier alpha value is -1.73. The van der Waals surface area contributed by atoms with E-state index in [9.17, 15) is 14.9 Å². The summed E-state index contributed by atoms with van der Waals surface area (Å²) >= 11 is 0. The van der Waals surface area contributed by atoms with Gasteiger partial charge in [-0.15, -0.1) is 0 Å². The lowest BCUT2D eigenvalue weighted by molar-refractivity contribution is -0.384. The Kier molecular flexibility index (Phi) is 6.07. The Morgan fingerprint density at radius 1 is 1.26 bits per heavy atom. The maximum atomic E-state index is 11.7. The predicted molar refractivity (Wildman–Crippen MR) is 90.8 cm³/mol. The second kappa shape index (κ2) is 7.23. The van der Waals surface area contributed by atoms with Crippen molar-refractivity contribution in [2.45, 2.75) is 51.4 Å². The van der Waals surface area contributed by atoms with Crippen molar-refractivity contribution < 1.29 is 18.9 Å². The first-order valence-electron chi connectivity index (χ1n) is 7.47. The molecule has 0 aromatic heterocycles. The standard InChI is InChI=1S/C16H25NO5Si/c1-16(2,3)23(5,6)22-14(11-15(18)21-4)12-7-9-13(10-8-12)17(19)20/h7-10,14H,11H2,1-6H3. The van der Waals surface area contributed by atoms with Gasteiger partial charge in [0.15, 0.2) is 8.32 Å². The second-order valence-corrected chi connectivity index (χ2v) is 11.8. The number of methoxy groups -OCH3 is 1. The molecule has 0 spiro atoms. The van der Waals surface area contributed by atoms with E-state index >= 15 is 0 Å². The highest BCUT2D eigenvalue weighted by atomic mass is 28.4. The molecule has 1 rings (SSSR count). The van der Waals surface area contributed by atoms with Crippen molar-refractivity contribution >= 4 is 20.0 Å². The summed E-state index contributed by atoms with van der Waals surface area (Å²) in [6, 6.07) is 6.13. The summed E-state index contributed by atoms with van der Waals surface area (Å²) in [5, 5.41) is 10.8. The molecule has 128 valence electrons. The summed E-state index contributed by atoms with van der Waals surface area (Å²) in [6.07, 6.45) is -0.384. The van der Waals surface area contributed by atoms with E-state index in [0.29, 0.717) is 0 Å². The zero-order valence-corrected chi connectivity index (χ0v) is 15.6. The quantitative estimate of drug-likeness (QED) is 0.335. The Morgan fingerprint density at radius 2 is 1.78 bits per heavy atom. The number of benzene rings is 1. The molecule has 1 unspecified atom stereocenters. The smallest absolute Gasteiger partial charge is 0.308 e. The van der Waals surface area contributed by atoms with Crippen molar-refractivity contribution in [3.8, 4) is 0 Å². The molecule has 0 amide bonds. The van der Waals surface area contributed by atoms with Crippen molar-refractivity contribution in [3.05, 3.63) is 39.9 Å². The minimum Gasteiger partial charge on any atom is -0.469 e. The van der Waals surface area contributed by atoms with Gasteiger partial charge in [0.2, 0.25) is 0 Å². The highest BCUT2D eigenvalue weighted by Crippen LogP contribution is 2.40. The summed E-state index contributed by atoms with van der Waals surface area (Å²) in [6.45, 7) is 10.5. The predicted octanol–water partition coefficient (Wildman–Crippen LogP) is 4.22. The Balaban J connectivity index is 3.10. The fraction of sp³-hybridized carbons (Fsp3) is 0.562. The first-order valence-corrected chi connectivity index (χ1v) is 10.4. The molecule has 0 aliphatic carbocycles. The topological polar surface area (TPSA) is 78.7 Å². The van der Waals surface area contributed by atoms with Crippen LogP contribution < -0.4 is 0 Å². The van der Waals surface area contributed by atoms with Crippen molar-refractivity contribution in [3.63, 3.8) is 0 Å². The van der Waals surface area contributed by atoms with Crippen LogP contribution in [0.2, 0.25) is 18.1 Å². The fourth-order valence-electron chi connectivity index (χ4n) is 1.81. The van der Waals surface area contributed by atoms with Gasteiger partial charge in [-0.25, -0.2) is 0 Å². The molecule has 0 N–H and O–H groups in total. The molecule has 0 fully saturated rings. The number of carbonyl (C=O) groups excluding carboxylic acids is 1. The molecule has 23 heavy (non-hydrogen) atoms.